The van der Waals surface area contributed by atoms with E-state index in [1.807, 2.05) is 54.6 Å². The molecule has 1 amide bonds. The van der Waals surface area contributed by atoms with Crippen LogP contribution in [0.3, 0.4) is 0 Å². The average molecular weight is 354 g/mol. The molecular weight excluding hydrogens is 328 g/mol. The summed E-state index contributed by atoms with van der Waals surface area (Å²) < 4.78 is 11.3. The average Bonchev–Trinajstić information content (AvgIpc) is 3.20. The Hall–Kier alpha value is -2.53. The molecule has 2 aromatic carbocycles. The molecule has 5 heteroatoms. The summed E-state index contributed by atoms with van der Waals surface area (Å²) in [6.45, 7) is 3.42. The van der Waals surface area contributed by atoms with E-state index in [1.54, 1.807) is 0 Å². The first kappa shape index (κ1) is 18.3. The predicted molar refractivity (Wildman–Crippen MR) is 101 cm³/mol. The topological polar surface area (TPSA) is 59.6 Å². The number of amides is 1. The number of ether oxygens (including phenoxy) is 2. The van der Waals surface area contributed by atoms with Crippen LogP contribution < -0.4 is 20.1 Å². The third-order valence-electron chi connectivity index (χ3n) is 4.48. The van der Waals surface area contributed by atoms with Crippen molar-refractivity contribution >= 4 is 5.91 Å². The van der Waals surface area contributed by atoms with Gasteiger partial charge in [0.2, 0.25) is 0 Å². The normalized spacial score (nSPS) is 16.2. The number of nitrogens with one attached hydrogen (secondary N) is 2. The Labute approximate surface area is 154 Å². The van der Waals surface area contributed by atoms with Gasteiger partial charge in [-0.25, -0.2) is 0 Å². The molecule has 1 saturated heterocycles. The van der Waals surface area contributed by atoms with Crippen LogP contribution >= 0.6 is 0 Å². The van der Waals surface area contributed by atoms with Gasteiger partial charge >= 0.3 is 0 Å². The summed E-state index contributed by atoms with van der Waals surface area (Å²) in [5.74, 6) is 2.03. The highest BCUT2D eigenvalue weighted by atomic mass is 16.5. The Bertz CT molecular complexity index is 667. The first-order valence-electron chi connectivity index (χ1n) is 9.16. The van der Waals surface area contributed by atoms with Gasteiger partial charge in [0.15, 0.2) is 6.61 Å². The van der Waals surface area contributed by atoms with Crippen LogP contribution in [0.4, 0.5) is 0 Å². The standard InChI is InChI=1S/C21H26N2O3/c24-21(23-13-11-17-10-12-22-14-17)16-26-20-8-6-19(7-9-20)25-15-18-4-2-1-3-5-18/h1-9,17,22H,10-16H2,(H,23,24). The van der Waals surface area contributed by atoms with Gasteiger partial charge in [0.05, 0.1) is 0 Å². The van der Waals surface area contributed by atoms with E-state index in [9.17, 15) is 4.79 Å². The monoisotopic (exact) mass is 354 g/mol. The molecule has 0 bridgehead atoms. The second-order valence-corrected chi connectivity index (χ2v) is 6.53. The van der Waals surface area contributed by atoms with Crippen molar-refractivity contribution in [3.05, 3.63) is 60.2 Å². The summed E-state index contributed by atoms with van der Waals surface area (Å²) in [4.78, 5) is 11.8. The second-order valence-electron chi connectivity index (χ2n) is 6.53. The molecule has 1 fully saturated rings. The van der Waals surface area contributed by atoms with Gasteiger partial charge < -0.3 is 20.1 Å². The molecule has 1 aliphatic rings. The number of carbonyl (C=O) groups excluding carboxylic acids is 1. The first-order valence-corrected chi connectivity index (χ1v) is 9.16. The lowest BCUT2D eigenvalue weighted by Crippen LogP contribution is -2.30. The van der Waals surface area contributed by atoms with Crippen molar-refractivity contribution < 1.29 is 14.3 Å². The lowest BCUT2D eigenvalue weighted by atomic mass is 10.1. The Morgan fingerprint density at radius 3 is 2.46 bits per heavy atom. The molecule has 0 aromatic heterocycles. The van der Waals surface area contributed by atoms with Crippen molar-refractivity contribution in [1.29, 1.82) is 0 Å². The maximum atomic E-state index is 11.8. The lowest BCUT2D eigenvalue weighted by Gasteiger charge is -2.11. The smallest absolute Gasteiger partial charge is 0.257 e. The summed E-state index contributed by atoms with van der Waals surface area (Å²) in [6, 6.07) is 17.4. The zero-order valence-corrected chi connectivity index (χ0v) is 14.9. The Kier molecular flexibility index (Phi) is 6.90. The fraction of sp³-hybridized carbons (Fsp3) is 0.381. The van der Waals surface area contributed by atoms with Crippen LogP contribution in [-0.4, -0.2) is 32.1 Å². The third-order valence-corrected chi connectivity index (χ3v) is 4.48. The van der Waals surface area contributed by atoms with Gasteiger partial charge in [0.25, 0.3) is 5.91 Å². The zero-order valence-electron chi connectivity index (χ0n) is 14.9. The molecule has 0 radical (unpaired) electrons. The van der Waals surface area contributed by atoms with Crippen molar-refractivity contribution in [3.63, 3.8) is 0 Å². The lowest BCUT2D eigenvalue weighted by molar-refractivity contribution is -0.123. The van der Waals surface area contributed by atoms with Gasteiger partial charge in [-0.1, -0.05) is 30.3 Å². The minimum Gasteiger partial charge on any atom is -0.489 e. The van der Waals surface area contributed by atoms with E-state index in [2.05, 4.69) is 10.6 Å². The summed E-state index contributed by atoms with van der Waals surface area (Å²) in [5, 5.41) is 6.25. The molecule has 2 N–H and O–H groups in total. The predicted octanol–water partition coefficient (Wildman–Crippen LogP) is 2.76. The van der Waals surface area contributed by atoms with E-state index in [0.717, 1.165) is 30.8 Å². The van der Waals surface area contributed by atoms with E-state index in [0.29, 0.717) is 24.8 Å². The van der Waals surface area contributed by atoms with Gasteiger partial charge in [-0.05, 0) is 61.7 Å². The van der Waals surface area contributed by atoms with Gasteiger partial charge in [-0.15, -0.1) is 0 Å². The third kappa shape index (κ3) is 6.08. The van der Waals surface area contributed by atoms with Crippen LogP contribution in [0.2, 0.25) is 0 Å². The number of hydrogen-bond donors (Lipinski definition) is 2. The highest BCUT2D eigenvalue weighted by Crippen LogP contribution is 2.18. The van der Waals surface area contributed by atoms with Gasteiger partial charge in [-0.3, -0.25) is 4.79 Å². The fourth-order valence-electron chi connectivity index (χ4n) is 2.95. The van der Waals surface area contributed by atoms with Gasteiger partial charge in [-0.2, -0.15) is 0 Å². The minimum absolute atomic E-state index is 0.0349. The molecule has 0 spiro atoms. The quantitative estimate of drug-likeness (QED) is 0.727. The molecule has 1 atom stereocenters. The van der Waals surface area contributed by atoms with Crippen molar-refractivity contribution in [2.45, 2.75) is 19.4 Å². The maximum absolute atomic E-state index is 11.8. The van der Waals surface area contributed by atoms with Crippen LogP contribution in [0, 0.1) is 5.92 Å². The van der Waals surface area contributed by atoms with Gasteiger partial charge in [0.1, 0.15) is 18.1 Å². The van der Waals surface area contributed by atoms with Crippen molar-refractivity contribution in [2.24, 2.45) is 5.92 Å². The Balaban J connectivity index is 1.33. The van der Waals surface area contributed by atoms with Gasteiger partial charge in [0, 0.05) is 6.54 Å². The van der Waals surface area contributed by atoms with Crippen LogP contribution in [0.15, 0.2) is 54.6 Å². The molecule has 0 saturated carbocycles. The number of benzene rings is 2. The summed E-state index contributed by atoms with van der Waals surface area (Å²) in [6.07, 6.45) is 2.22. The number of carbonyl (C=O) groups is 1. The van der Waals surface area contributed by atoms with E-state index >= 15 is 0 Å². The molecule has 1 heterocycles. The summed E-state index contributed by atoms with van der Waals surface area (Å²) in [7, 11) is 0. The number of rotatable bonds is 9. The highest BCUT2D eigenvalue weighted by Gasteiger charge is 2.14. The fourth-order valence-corrected chi connectivity index (χ4v) is 2.95. The molecular formula is C21H26N2O3. The summed E-state index contributed by atoms with van der Waals surface area (Å²) in [5.41, 5.74) is 1.12. The minimum atomic E-state index is -0.0830. The van der Waals surface area contributed by atoms with Crippen molar-refractivity contribution in [1.82, 2.24) is 10.6 Å². The van der Waals surface area contributed by atoms with Crippen LogP contribution in [0.5, 0.6) is 11.5 Å². The molecule has 138 valence electrons. The number of hydrogen-bond acceptors (Lipinski definition) is 4. The molecule has 5 nitrogen and oxygen atoms in total. The molecule has 3 rings (SSSR count). The highest BCUT2D eigenvalue weighted by molar-refractivity contribution is 5.77. The maximum Gasteiger partial charge on any atom is 0.257 e. The van der Waals surface area contributed by atoms with Crippen molar-refractivity contribution in [2.75, 3.05) is 26.2 Å². The Morgan fingerprint density at radius 2 is 1.77 bits per heavy atom. The van der Waals surface area contributed by atoms with Crippen LogP contribution in [0.1, 0.15) is 18.4 Å². The first-order chi connectivity index (χ1) is 12.8. The van der Waals surface area contributed by atoms with Crippen LogP contribution in [0.25, 0.3) is 0 Å². The summed E-state index contributed by atoms with van der Waals surface area (Å²) >= 11 is 0. The van der Waals surface area contributed by atoms with E-state index in [1.165, 1.54) is 6.42 Å². The molecule has 2 aromatic rings. The van der Waals surface area contributed by atoms with E-state index in [4.69, 9.17) is 9.47 Å². The molecule has 26 heavy (non-hydrogen) atoms. The molecule has 1 unspecified atom stereocenters. The molecule has 1 aliphatic heterocycles. The van der Waals surface area contributed by atoms with E-state index < -0.39 is 0 Å². The zero-order chi connectivity index (χ0) is 18.0. The largest absolute Gasteiger partial charge is 0.489 e. The second kappa shape index (κ2) is 9.82. The van der Waals surface area contributed by atoms with Crippen LogP contribution in [-0.2, 0) is 11.4 Å². The molecule has 0 aliphatic carbocycles. The van der Waals surface area contributed by atoms with E-state index in [-0.39, 0.29) is 12.5 Å². The Morgan fingerprint density at radius 1 is 1.04 bits per heavy atom. The van der Waals surface area contributed by atoms with Crippen molar-refractivity contribution in [3.8, 4) is 11.5 Å². The SMILES string of the molecule is O=C(COc1ccc(OCc2ccccc2)cc1)NCCC1CCNC1.